The van der Waals surface area contributed by atoms with Crippen LogP contribution in [0.25, 0.3) is 10.8 Å². The Bertz CT molecular complexity index is 1170. The summed E-state index contributed by atoms with van der Waals surface area (Å²) in [6.07, 6.45) is 1.36. The molecule has 0 bridgehead atoms. The Kier molecular flexibility index (Phi) is 6.60. The van der Waals surface area contributed by atoms with E-state index in [1.807, 2.05) is 42.5 Å². The minimum atomic E-state index is -3.50. The highest BCUT2D eigenvalue weighted by molar-refractivity contribution is 7.88. The standard InChI is InChI=1S/C24H25ClN2O3S/c25-22-12-10-18(11-13-22)17-31(29,30)27-14-4-8-21(16-27)24(28)26-15-20-7-3-6-19-5-1-2-9-23(19)20/h1-3,5-7,9-13,21H,4,8,14-17H2,(H,26,28). The van der Waals surface area contributed by atoms with Crippen LogP contribution in [0.5, 0.6) is 0 Å². The maximum absolute atomic E-state index is 12.9. The fourth-order valence-corrected chi connectivity index (χ4v) is 5.80. The van der Waals surface area contributed by atoms with E-state index in [-0.39, 0.29) is 24.1 Å². The van der Waals surface area contributed by atoms with Crippen molar-refractivity contribution < 1.29 is 13.2 Å². The molecule has 0 aromatic heterocycles. The van der Waals surface area contributed by atoms with E-state index in [4.69, 9.17) is 11.6 Å². The van der Waals surface area contributed by atoms with E-state index in [1.165, 1.54) is 4.31 Å². The lowest BCUT2D eigenvalue weighted by molar-refractivity contribution is -0.126. The molecule has 1 fully saturated rings. The maximum atomic E-state index is 12.9. The van der Waals surface area contributed by atoms with Crippen molar-refractivity contribution >= 4 is 38.3 Å². The number of benzene rings is 3. The Morgan fingerprint density at radius 2 is 1.77 bits per heavy atom. The van der Waals surface area contributed by atoms with E-state index in [2.05, 4.69) is 5.32 Å². The summed E-state index contributed by atoms with van der Waals surface area (Å²) in [7, 11) is -3.50. The number of halogens is 1. The zero-order valence-corrected chi connectivity index (χ0v) is 18.7. The first kappa shape index (κ1) is 21.8. The van der Waals surface area contributed by atoms with Crippen molar-refractivity contribution in [3.05, 3.63) is 82.9 Å². The number of rotatable bonds is 6. The lowest BCUT2D eigenvalue weighted by Gasteiger charge is -2.31. The molecule has 0 aliphatic carbocycles. The summed E-state index contributed by atoms with van der Waals surface area (Å²) in [5.41, 5.74) is 1.74. The van der Waals surface area contributed by atoms with Crippen molar-refractivity contribution in [2.45, 2.75) is 25.1 Å². The van der Waals surface area contributed by atoms with Gasteiger partial charge in [0.15, 0.2) is 0 Å². The number of amides is 1. The largest absolute Gasteiger partial charge is 0.352 e. The van der Waals surface area contributed by atoms with Crippen LogP contribution in [0.3, 0.4) is 0 Å². The van der Waals surface area contributed by atoms with Crippen molar-refractivity contribution in [3.63, 3.8) is 0 Å². The number of carbonyl (C=O) groups excluding carboxylic acids is 1. The first-order chi connectivity index (χ1) is 14.9. The molecule has 1 unspecified atom stereocenters. The Morgan fingerprint density at radius 3 is 2.58 bits per heavy atom. The number of nitrogens with one attached hydrogen (secondary N) is 1. The molecule has 1 atom stereocenters. The van der Waals surface area contributed by atoms with E-state index in [0.29, 0.717) is 36.5 Å². The molecule has 4 rings (SSSR count). The van der Waals surface area contributed by atoms with Crippen LogP contribution in [0.4, 0.5) is 0 Å². The van der Waals surface area contributed by atoms with Crippen molar-refractivity contribution in [2.24, 2.45) is 5.92 Å². The van der Waals surface area contributed by atoms with Gasteiger partial charge in [-0.25, -0.2) is 12.7 Å². The lowest BCUT2D eigenvalue weighted by atomic mass is 9.98. The molecule has 1 amide bonds. The van der Waals surface area contributed by atoms with Crippen LogP contribution in [-0.2, 0) is 27.1 Å². The summed E-state index contributed by atoms with van der Waals surface area (Å²) < 4.78 is 27.2. The minimum absolute atomic E-state index is 0.0888. The summed E-state index contributed by atoms with van der Waals surface area (Å²) in [6, 6.07) is 20.9. The van der Waals surface area contributed by atoms with Crippen LogP contribution in [-0.4, -0.2) is 31.7 Å². The number of fused-ring (bicyclic) bond motifs is 1. The number of hydrogen-bond donors (Lipinski definition) is 1. The van der Waals surface area contributed by atoms with Crippen LogP contribution in [0.2, 0.25) is 5.02 Å². The van der Waals surface area contributed by atoms with Gasteiger partial charge in [0.05, 0.1) is 11.7 Å². The monoisotopic (exact) mass is 456 g/mol. The summed E-state index contributed by atoms with van der Waals surface area (Å²) in [5.74, 6) is -0.530. The van der Waals surface area contributed by atoms with Crippen LogP contribution in [0.15, 0.2) is 66.7 Å². The van der Waals surface area contributed by atoms with Gasteiger partial charge in [0.25, 0.3) is 0 Å². The SMILES string of the molecule is O=C(NCc1cccc2ccccc12)C1CCCN(S(=O)(=O)Cc2ccc(Cl)cc2)C1. The van der Waals surface area contributed by atoms with Crippen molar-refractivity contribution in [2.75, 3.05) is 13.1 Å². The van der Waals surface area contributed by atoms with Crippen molar-refractivity contribution in [1.82, 2.24) is 9.62 Å². The number of hydrogen-bond acceptors (Lipinski definition) is 3. The average Bonchev–Trinajstić information content (AvgIpc) is 2.79. The quantitative estimate of drug-likeness (QED) is 0.599. The van der Waals surface area contributed by atoms with Gasteiger partial charge in [-0.3, -0.25) is 4.79 Å². The number of sulfonamides is 1. The van der Waals surface area contributed by atoms with E-state index in [9.17, 15) is 13.2 Å². The Labute approximate surface area is 188 Å². The molecule has 31 heavy (non-hydrogen) atoms. The summed E-state index contributed by atoms with van der Waals surface area (Å²) in [6.45, 7) is 1.09. The van der Waals surface area contributed by atoms with Gasteiger partial charge in [-0.2, -0.15) is 0 Å². The average molecular weight is 457 g/mol. The van der Waals surface area contributed by atoms with E-state index in [1.54, 1.807) is 24.3 Å². The topological polar surface area (TPSA) is 66.5 Å². The van der Waals surface area contributed by atoms with Gasteiger partial charge in [0.2, 0.25) is 15.9 Å². The number of piperidine rings is 1. The fraction of sp³-hybridized carbons (Fsp3) is 0.292. The lowest BCUT2D eigenvalue weighted by Crippen LogP contribution is -2.45. The predicted octanol–water partition coefficient (Wildman–Crippen LogP) is 4.35. The Balaban J connectivity index is 1.39. The van der Waals surface area contributed by atoms with E-state index < -0.39 is 10.0 Å². The maximum Gasteiger partial charge on any atom is 0.224 e. The van der Waals surface area contributed by atoms with Gasteiger partial charge < -0.3 is 5.32 Å². The van der Waals surface area contributed by atoms with Gasteiger partial charge in [-0.1, -0.05) is 66.2 Å². The molecule has 162 valence electrons. The van der Waals surface area contributed by atoms with Crippen LogP contribution >= 0.6 is 11.6 Å². The third-order valence-corrected chi connectivity index (χ3v) is 7.81. The molecule has 5 nitrogen and oxygen atoms in total. The molecule has 3 aromatic rings. The predicted molar refractivity (Wildman–Crippen MR) is 124 cm³/mol. The molecule has 1 heterocycles. The third kappa shape index (κ3) is 5.26. The van der Waals surface area contributed by atoms with E-state index in [0.717, 1.165) is 16.3 Å². The van der Waals surface area contributed by atoms with Gasteiger partial charge >= 0.3 is 0 Å². The molecule has 7 heteroatoms. The number of carbonyl (C=O) groups is 1. The van der Waals surface area contributed by atoms with Gasteiger partial charge in [0.1, 0.15) is 0 Å². The first-order valence-electron chi connectivity index (χ1n) is 10.4. The van der Waals surface area contributed by atoms with Crippen LogP contribution < -0.4 is 5.32 Å². The van der Waals surface area contributed by atoms with Gasteiger partial charge in [0, 0.05) is 24.7 Å². The van der Waals surface area contributed by atoms with Gasteiger partial charge in [-0.15, -0.1) is 0 Å². The normalized spacial score (nSPS) is 17.5. The summed E-state index contributed by atoms with van der Waals surface area (Å²) in [4.78, 5) is 12.8. The summed E-state index contributed by atoms with van der Waals surface area (Å²) >= 11 is 5.89. The first-order valence-corrected chi connectivity index (χ1v) is 12.4. The highest BCUT2D eigenvalue weighted by Gasteiger charge is 2.32. The molecular formula is C24H25ClN2O3S. The molecule has 0 saturated carbocycles. The molecular weight excluding hydrogens is 432 g/mol. The molecule has 3 aromatic carbocycles. The van der Waals surface area contributed by atoms with Crippen molar-refractivity contribution in [1.29, 1.82) is 0 Å². The van der Waals surface area contributed by atoms with Crippen LogP contribution in [0, 0.1) is 5.92 Å². The summed E-state index contributed by atoms with van der Waals surface area (Å²) in [5, 5.41) is 5.83. The second-order valence-electron chi connectivity index (χ2n) is 7.94. The molecule has 0 radical (unpaired) electrons. The Hall–Kier alpha value is -2.41. The van der Waals surface area contributed by atoms with E-state index >= 15 is 0 Å². The fourth-order valence-electron chi connectivity index (χ4n) is 4.06. The molecule has 1 aliphatic heterocycles. The minimum Gasteiger partial charge on any atom is -0.352 e. The molecule has 1 saturated heterocycles. The highest BCUT2D eigenvalue weighted by atomic mass is 35.5. The second-order valence-corrected chi connectivity index (χ2v) is 10.3. The zero-order valence-electron chi connectivity index (χ0n) is 17.1. The molecule has 1 aliphatic rings. The van der Waals surface area contributed by atoms with Crippen molar-refractivity contribution in [3.8, 4) is 0 Å². The Morgan fingerprint density at radius 1 is 1.03 bits per heavy atom. The zero-order chi connectivity index (χ0) is 21.8. The smallest absolute Gasteiger partial charge is 0.224 e. The second kappa shape index (κ2) is 9.39. The van der Waals surface area contributed by atoms with Crippen LogP contribution in [0.1, 0.15) is 24.0 Å². The molecule has 0 spiro atoms. The molecule has 1 N–H and O–H groups in total. The third-order valence-electron chi connectivity index (χ3n) is 5.74. The highest BCUT2D eigenvalue weighted by Crippen LogP contribution is 2.23. The number of nitrogens with zero attached hydrogens (tertiary/aromatic N) is 1. The van der Waals surface area contributed by atoms with Gasteiger partial charge in [-0.05, 0) is 46.9 Å².